The Morgan fingerprint density at radius 3 is 2.70 bits per heavy atom. The summed E-state index contributed by atoms with van der Waals surface area (Å²) < 4.78 is 6.58. The maximum absolute atomic E-state index is 12.5. The zero-order chi connectivity index (χ0) is 21.5. The Labute approximate surface area is 180 Å². The summed E-state index contributed by atoms with van der Waals surface area (Å²) in [5, 5.41) is 7.37. The first-order valence-corrected chi connectivity index (χ1v) is 10.9. The summed E-state index contributed by atoms with van der Waals surface area (Å²) in [5.41, 5.74) is 5.95. The van der Waals surface area contributed by atoms with Gasteiger partial charge in [-0.25, -0.2) is 5.43 Å². The van der Waals surface area contributed by atoms with E-state index in [1.807, 2.05) is 36.6 Å². The maximum atomic E-state index is 12.5. The van der Waals surface area contributed by atoms with E-state index in [1.165, 1.54) is 4.70 Å². The van der Waals surface area contributed by atoms with E-state index in [0.717, 1.165) is 40.8 Å². The van der Waals surface area contributed by atoms with Crippen LogP contribution < -0.4 is 10.2 Å². The highest BCUT2D eigenvalue weighted by Gasteiger charge is 2.13. The molecule has 30 heavy (non-hydrogen) atoms. The summed E-state index contributed by atoms with van der Waals surface area (Å²) in [6.45, 7) is 3.96. The molecule has 0 radical (unpaired) electrons. The molecule has 0 fully saturated rings. The van der Waals surface area contributed by atoms with Crippen molar-refractivity contribution in [3.05, 3.63) is 64.5 Å². The van der Waals surface area contributed by atoms with Gasteiger partial charge in [0.1, 0.15) is 5.75 Å². The molecule has 3 aromatic rings. The normalized spacial score (nSPS) is 11.5. The topological polar surface area (TPSA) is 67.8 Å². The summed E-state index contributed by atoms with van der Waals surface area (Å²) in [7, 11) is 1.60. The number of thiophene rings is 1. The fraction of sp³-hybridized carbons (Fsp3) is 0.292. The van der Waals surface area contributed by atoms with Gasteiger partial charge in [-0.05, 0) is 31.0 Å². The van der Waals surface area contributed by atoms with Crippen LogP contribution in [0.1, 0.15) is 54.6 Å². The van der Waals surface area contributed by atoms with Crippen LogP contribution in [0.15, 0.2) is 52.9 Å². The Bertz CT molecular complexity index is 1080. The van der Waals surface area contributed by atoms with Crippen molar-refractivity contribution in [2.45, 2.75) is 39.5 Å². The lowest BCUT2D eigenvalue weighted by Gasteiger charge is -2.09. The number of nitrogens with one attached hydrogen (secondary N) is 1. The van der Waals surface area contributed by atoms with Gasteiger partial charge in [-0.2, -0.15) is 5.10 Å². The number of hydrazone groups is 1. The maximum Gasteiger partial charge on any atom is 0.240 e. The van der Waals surface area contributed by atoms with Gasteiger partial charge in [0.05, 0.1) is 12.8 Å². The third-order valence-electron chi connectivity index (χ3n) is 4.93. The second-order valence-electron chi connectivity index (χ2n) is 7.08. The minimum atomic E-state index is -0.281. The number of ketones is 1. The first-order chi connectivity index (χ1) is 14.5. The predicted molar refractivity (Wildman–Crippen MR) is 123 cm³/mol. The fourth-order valence-corrected chi connectivity index (χ4v) is 4.29. The van der Waals surface area contributed by atoms with Gasteiger partial charge in [0.2, 0.25) is 5.91 Å². The number of methoxy groups -OCH3 is 1. The van der Waals surface area contributed by atoms with E-state index in [2.05, 4.69) is 23.5 Å². The van der Waals surface area contributed by atoms with E-state index in [9.17, 15) is 9.59 Å². The van der Waals surface area contributed by atoms with Crippen molar-refractivity contribution in [1.82, 2.24) is 5.43 Å². The lowest BCUT2D eigenvalue weighted by Crippen LogP contribution is -2.20. The number of rotatable bonds is 9. The zero-order valence-corrected chi connectivity index (χ0v) is 18.3. The molecule has 6 heteroatoms. The Hall–Kier alpha value is -2.99. The van der Waals surface area contributed by atoms with Crippen LogP contribution in [0.25, 0.3) is 10.1 Å². The molecule has 0 spiro atoms. The number of benzene rings is 2. The highest BCUT2D eigenvalue weighted by Crippen LogP contribution is 2.26. The van der Waals surface area contributed by atoms with E-state index in [4.69, 9.17) is 4.74 Å². The van der Waals surface area contributed by atoms with Crippen LogP contribution in [0.4, 0.5) is 0 Å². The smallest absolute Gasteiger partial charge is 0.240 e. The number of aryl methyl sites for hydroxylation is 1. The fourth-order valence-electron chi connectivity index (χ4n) is 3.29. The number of hydrogen-bond donors (Lipinski definition) is 1. The molecular formula is C24H26N2O3S. The third kappa shape index (κ3) is 5.13. The summed E-state index contributed by atoms with van der Waals surface area (Å²) >= 11 is 1.65. The lowest BCUT2D eigenvalue weighted by molar-refractivity contribution is -0.121. The first-order valence-electron chi connectivity index (χ1n) is 10.0. The molecule has 1 aromatic heterocycles. The van der Waals surface area contributed by atoms with Gasteiger partial charge < -0.3 is 4.74 Å². The second kappa shape index (κ2) is 10.2. The molecule has 0 atom stereocenters. The zero-order valence-electron chi connectivity index (χ0n) is 17.5. The number of fused-ring (bicyclic) bond motifs is 1. The number of Topliss-reactive ketones (excluding diaryl/α,β-unsaturated/α-hetero) is 1. The molecule has 1 heterocycles. The van der Waals surface area contributed by atoms with Crippen molar-refractivity contribution < 1.29 is 14.3 Å². The standard InChI is InChI=1S/C24H26N2O3S/c1-4-7-17-10-11-18(14-22(17)29-3)21(27)12-13-24(28)26-25-16(2)20-15-30-23-9-6-5-8-19(20)23/h5-6,8-11,14-15H,4,7,12-13H2,1-3H3,(H,26,28)/b25-16+. The Kier molecular flexibility index (Phi) is 7.36. The van der Waals surface area contributed by atoms with E-state index in [-0.39, 0.29) is 24.5 Å². The number of nitrogens with zero attached hydrogens (tertiary/aromatic N) is 1. The van der Waals surface area contributed by atoms with Crippen LogP contribution in [-0.2, 0) is 11.2 Å². The van der Waals surface area contributed by atoms with E-state index in [1.54, 1.807) is 30.6 Å². The summed E-state index contributed by atoms with van der Waals surface area (Å²) in [5.74, 6) is 0.350. The SMILES string of the molecule is CCCc1ccc(C(=O)CCC(=O)N/N=C(\C)c2csc3ccccc23)cc1OC. The molecule has 1 amide bonds. The van der Waals surface area contributed by atoms with Gasteiger partial charge in [0.25, 0.3) is 0 Å². The first kappa shape index (κ1) is 21.7. The largest absolute Gasteiger partial charge is 0.496 e. The number of hydrogen-bond acceptors (Lipinski definition) is 5. The van der Waals surface area contributed by atoms with Gasteiger partial charge in [-0.3, -0.25) is 9.59 Å². The van der Waals surface area contributed by atoms with Crippen LogP contribution in [0.3, 0.4) is 0 Å². The van der Waals surface area contributed by atoms with Crippen molar-refractivity contribution >= 4 is 38.8 Å². The molecule has 5 nitrogen and oxygen atoms in total. The number of amides is 1. The Morgan fingerprint density at radius 1 is 1.13 bits per heavy atom. The molecule has 0 aliphatic rings. The van der Waals surface area contributed by atoms with E-state index < -0.39 is 0 Å². The van der Waals surface area contributed by atoms with E-state index in [0.29, 0.717) is 5.56 Å². The molecular weight excluding hydrogens is 396 g/mol. The molecule has 3 rings (SSSR count). The van der Waals surface area contributed by atoms with Crippen LogP contribution in [0, 0.1) is 0 Å². The van der Waals surface area contributed by atoms with Crippen LogP contribution in [0.5, 0.6) is 5.75 Å². The number of carbonyl (C=O) groups is 2. The van der Waals surface area contributed by atoms with Crippen molar-refractivity contribution in [1.29, 1.82) is 0 Å². The number of ether oxygens (including phenoxy) is 1. The van der Waals surface area contributed by atoms with Crippen LogP contribution in [0.2, 0.25) is 0 Å². The summed E-state index contributed by atoms with van der Waals surface area (Å²) in [6, 6.07) is 13.6. The minimum absolute atomic E-state index is 0.0824. The number of carbonyl (C=O) groups excluding carboxylic acids is 2. The predicted octanol–water partition coefficient (Wildman–Crippen LogP) is 5.37. The minimum Gasteiger partial charge on any atom is -0.496 e. The van der Waals surface area contributed by atoms with Gasteiger partial charge in [0.15, 0.2) is 5.78 Å². The van der Waals surface area contributed by atoms with Crippen LogP contribution in [-0.4, -0.2) is 24.5 Å². The molecule has 2 aromatic carbocycles. The van der Waals surface area contributed by atoms with Gasteiger partial charge >= 0.3 is 0 Å². The quantitative estimate of drug-likeness (QED) is 0.286. The average molecular weight is 423 g/mol. The van der Waals surface area contributed by atoms with E-state index >= 15 is 0 Å². The molecule has 1 N–H and O–H groups in total. The van der Waals surface area contributed by atoms with Crippen molar-refractivity contribution in [2.75, 3.05) is 7.11 Å². The molecule has 0 bridgehead atoms. The highest BCUT2D eigenvalue weighted by atomic mass is 32.1. The molecule has 0 saturated heterocycles. The van der Waals surface area contributed by atoms with Gasteiger partial charge in [-0.1, -0.05) is 43.7 Å². The summed E-state index contributed by atoms with van der Waals surface area (Å²) in [6.07, 6.45) is 2.11. The van der Waals surface area contributed by atoms with Gasteiger partial charge in [-0.15, -0.1) is 11.3 Å². The summed E-state index contributed by atoms with van der Waals surface area (Å²) in [4.78, 5) is 24.7. The molecule has 0 aliphatic heterocycles. The van der Waals surface area contributed by atoms with Crippen molar-refractivity contribution in [2.24, 2.45) is 5.10 Å². The lowest BCUT2D eigenvalue weighted by atomic mass is 10.0. The Morgan fingerprint density at radius 2 is 1.93 bits per heavy atom. The monoisotopic (exact) mass is 422 g/mol. The second-order valence-corrected chi connectivity index (χ2v) is 7.99. The van der Waals surface area contributed by atoms with Gasteiger partial charge in [0, 0.05) is 39.4 Å². The highest BCUT2D eigenvalue weighted by molar-refractivity contribution is 7.17. The molecule has 0 unspecified atom stereocenters. The van der Waals surface area contributed by atoms with Crippen LogP contribution >= 0.6 is 11.3 Å². The van der Waals surface area contributed by atoms with Crippen molar-refractivity contribution in [3.8, 4) is 5.75 Å². The molecule has 0 saturated carbocycles. The Balaban J connectivity index is 1.57. The average Bonchev–Trinajstić information content (AvgIpc) is 3.20. The third-order valence-corrected chi connectivity index (χ3v) is 5.89. The molecule has 0 aliphatic carbocycles. The molecule has 156 valence electrons. The van der Waals surface area contributed by atoms with Crippen molar-refractivity contribution in [3.63, 3.8) is 0 Å².